The Balaban J connectivity index is 1.56. The van der Waals surface area contributed by atoms with E-state index in [1.54, 1.807) is 11.3 Å². The molecule has 1 aliphatic heterocycles. The van der Waals surface area contributed by atoms with E-state index in [-0.39, 0.29) is 0 Å². The Labute approximate surface area is 132 Å². The van der Waals surface area contributed by atoms with Crippen LogP contribution >= 0.6 is 11.3 Å². The molecular formula is C16H28N4S. The number of hydrogen-bond acceptors (Lipinski definition) is 5. The van der Waals surface area contributed by atoms with E-state index >= 15 is 0 Å². The summed E-state index contributed by atoms with van der Waals surface area (Å²) in [7, 11) is 0. The molecule has 1 aliphatic carbocycles. The molecule has 0 spiro atoms. The van der Waals surface area contributed by atoms with Gasteiger partial charge in [0.1, 0.15) is 0 Å². The lowest BCUT2D eigenvalue weighted by atomic mass is 9.78. The van der Waals surface area contributed by atoms with Crippen molar-refractivity contribution >= 4 is 16.5 Å². The molecule has 0 amide bonds. The van der Waals surface area contributed by atoms with E-state index in [0.717, 1.165) is 44.6 Å². The Kier molecular flexibility index (Phi) is 5.14. The first-order chi connectivity index (χ1) is 10.3. The number of rotatable bonds is 4. The lowest BCUT2D eigenvalue weighted by molar-refractivity contribution is 0.102. The maximum atomic E-state index is 6.14. The summed E-state index contributed by atoms with van der Waals surface area (Å²) in [5.41, 5.74) is 6.14. The molecule has 3 rings (SSSR count). The van der Waals surface area contributed by atoms with Crippen LogP contribution in [0.25, 0.3) is 0 Å². The zero-order valence-corrected chi connectivity index (χ0v) is 13.9. The Morgan fingerprint density at radius 1 is 1.33 bits per heavy atom. The van der Waals surface area contributed by atoms with Crippen molar-refractivity contribution in [1.29, 1.82) is 0 Å². The molecule has 118 valence electrons. The predicted octanol–water partition coefficient (Wildman–Crippen LogP) is 2.42. The van der Waals surface area contributed by atoms with Gasteiger partial charge >= 0.3 is 0 Å². The minimum Gasteiger partial charge on any atom is -0.346 e. The predicted molar refractivity (Wildman–Crippen MR) is 89.9 cm³/mol. The van der Waals surface area contributed by atoms with Crippen LogP contribution in [0.2, 0.25) is 0 Å². The number of nitrogens with two attached hydrogens (primary N) is 1. The van der Waals surface area contributed by atoms with Crippen molar-refractivity contribution in [2.45, 2.75) is 38.6 Å². The Bertz CT molecular complexity index is 414. The molecule has 1 saturated heterocycles. The van der Waals surface area contributed by atoms with Gasteiger partial charge in [0, 0.05) is 50.3 Å². The van der Waals surface area contributed by atoms with Crippen molar-refractivity contribution in [3.63, 3.8) is 0 Å². The normalized spacial score (nSPS) is 29.5. The number of aromatic nitrogens is 1. The van der Waals surface area contributed by atoms with Gasteiger partial charge in [-0.25, -0.2) is 4.98 Å². The van der Waals surface area contributed by atoms with Gasteiger partial charge in [-0.05, 0) is 24.7 Å². The van der Waals surface area contributed by atoms with Crippen LogP contribution in [0.3, 0.4) is 0 Å². The Morgan fingerprint density at radius 2 is 2.14 bits per heavy atom. The summed E-state index contributed by atoms with van der Waals surface area (Å²) in [5, 5.41) is 3.23. The maximum Gasteiger partial charge on any atom is 0.185 e. The van der Waals surface area contributed by atoms with Crippen molar-refractivity contribution in [2.24, 2.45) is 17.6 Å². The molecule has 1 aromatic rings. The lowest BCUT2D eigenvalue weighted by Crippen LogP contribution is -2.55. The summed E-state index contributed by atoms with van der Waals surface area (Å²) >= 11 is 1.74. The van der Waals surface area contributed by atoms with Crippen molar-refractivity contribution in [3.05, 3.63) is 11.6 Å². The van der Waals surface area contributed by atoms with Crippen molar-refractivity contribution in [2.75, 3.05) is 37.6 Å². The molecule has 2 fully saturated rings. The van der Waals surface area contributed by atoms with Gasteiger partial charge in [0.25, 0.3) is 0 Å². The van der Waals surface area contributed by atoms with E-state index in [9.17, 15) is 0 Å². The Morgan fingerprint density at radius 3 is 2.76 bits per heavy atom. The smallest absolute Gasteiger partial charge is 0.185 e. The van der Waals surface area contributed by atoms with Crippen LogP contribution in [-0.2, 0) is 0 Å². The SMILES string of the molecule is CC1CCCC(C(CN)N2CCN(c3nccs3)CC2)C1. The van der Waals surface area contributed by atoms with Crippen LogP contribution in [0.15, 0.2) is 11.6 Å². The van der Waals surface area contributed by atoms with Gasteiger partial charge in [0.05, 0.1) is 0 Å². The quantitative estimate of drug-likeness (QED) is 0.928. The van der Waals surface area contributed by atoms with Crippen LogP contribution in [-0.4, -0.2) is 48.6 Å². The molecule has 0 aromatic carbocycles. The van der Waals surface area contributed by atoms with Crippen molar-refractivity contribution in [3.8, 4) is 0 Å². The molecule has 21 heavy (non-hydrogen) atoms. The summed E-state index contributed by atoms with van der Waals surface area (Å²) in [6.45, 7) is 7.66. The zero-order chi connectivity index (χ0) is 14.7. The van der Waals surface area contributed by atoms with E-state index in [1.807, 2.05) is 6.20 Å². The molecule has 2 heterocycles. The third kappa shape index (κ3) is 3.58. The molecule has 0 radical (unpaired) electrons. The molecule has 1 aromatic heterocycles. The van der Waals surface area contributed by atoms with Crippen LogP contribution in [0, 0.1) is 11.8 Å². The van der Waals surface area contributed by atoms with Gasteiger partial charge in [-0.3, -0.25) is 4.90 Å². The third-order valence-corrected chi connectivity index (χ3v) is 6.07. The summed E-state index contributed by atoms with van der Waals surface area (Å²) in [4.78, 5) is 9.49. The van der Waals surface area contributed by atoms with E-state index in [1.165, 1.54) is 30.8 Å². The fourth-order valence-corrected chi connectivity index (χ4v) is 4.78. The van der Waals surface area contributed by atoms with Crippen molar-refractivity contribution < 1.29 is 0 Å². The van der Waals surface area contributed by atoms with Gasteiger partial charge in [0.15, 0.2) is 5.13 Å². The highest BCUT2D eigenvalue weighted by atomic mass is 32.1. The highest BCUT2D eigenvalue weighted by molar-refractivity contribution is 7.13. The molecule has 0 bridgehead atoms. The van der Waals surface area contributed by atoms with Crippen LogP contribution in [0.1, 0.15) is 32.6 Å². The van der Waals surface area contributed by atoms with Crippen molar-refractivity contribution in [1.82, 2.24) is 9.88 Å². The lowest BCUT2D eigenvalue weighted by Gasteiger charge is -2.43. The van der Waals surface area contributed by atoms with E-state index in [4.69, 9.17) is 5.73 Å². The molecule has 4 nitrogen and oxygen atoms in total. The second-order valence-electron chi connectivity index (χ2n) is 6.67. The fraction of sp³-hybridized carbons (Fsp3) is 0.812. The largest absolute Gasteiger partial charge is 0.346 e. The first-order valence-electron chi connectivity index (χ1n) is 8.36. The second kappa shape index (κ2) is 7.07. The first kappa shape index (κ1) is 15.3. The number of hydrogen-bond donors (Lipinski definition) is 1. The highest BCUT2D eigenvalue weighted by Gasteiger charge is 2.32. The number of anilines is 1. The summed E-state index contributed by atoms with van der Waals surface area (Å²) < 4.78 is 0. The molecular weight excluding hydrogens is 280 g/mol. The molecule has 5 heteroatoms. The van der Waals surface area contributed by atoms with E-state index in [2.05, 4.69) is 27.1 Å². The minimum atomic E-state index is 0.589. The average molecular weight is 308 g/mol. The first-order valence-corrected chi connectivity index (χ1v) is 9.24. The molecule has 1 saturated carbocycles. The van der Waals surface area contributed by atoms with Gasteiger partial charge in [-0.2, -0.15) is 0 Å². The van der Waals surface area contributed by atoms with Crippen LogP contribution in [0.5, 0.6) is 0 Å². The number of piperazine rings is 1. The van der Waals surface area contributed by atoms with Crippen LogP contribution < -0.4 is 10.6 Å². The fourth-order valence-electron chi connectivity index (χ4n) is 4.09. The van der Waals surface area contributed by atoms with Gasteiger partial charge in [0.2, 0.25) is 0 Å². The summed E-state index contributed by atoms with van der Waals surface area (Å²) in [6, 6.07) is 0.589. The molecule has 3 atom stereocenters. The molecule has 2 N–H and O–H groups in total. The maximum absolute atomic E-state index is 6.14. The third-order valence-electron chi connectivity index (χ3n) is 5.24. The summed E-state index contributed by atoms with van der Waals surface area (Å²) in [5.74, 6) is 1.69. The number of thiazole rings is 1. The minimum absolute atomic E-state index is 0.589. The summed E-state index contributed by atoms with van der Waals surface area (Å²) in [6.07, 6.45) is 7.44. The van der Waals surface area contributed by atoms with Gasteiger partial charge in [-0.15, -0.1) is 11.3 Å². The monoisotopic (exact) mass is 308 g/mol. The van der Waals surface area contributed by atoms with E-state index < -0.39 is 0 Å². The topological polar surface area (TPSA) is 45.4 Å². The van der Waals surface area contributed by atoms with Crippen LogP contribution in [0.4, 0.5) is 5.13 Å². The highest BCUT2D eigenvalue weighted by Crippen LogP contribution is 2.33. The zero-order valence-electron chi connectivity index (χ0n) is 13.1. The van der Waals surface area contributed by atoms with E-state index in [0.29, 0.717) is 6.04 Å². The number of nitrogens with zero attached hydrogens (tertiary/aromatic N) is 3. The Hall–Kier alpha value is -0.650. The van der Waals surface area contributed by atoms with Gasteiger partial charge in [-0.1, -0.05) is 19.8 Å². The standard InChI is InChI=1S/C16H28N4S/c1-13-3-2-4-14(11-13)15(12-17)19-6-8-20(9-7-19)16-18-5-10-21-16/h5,10,13-15H,2-4,6-9,11-12,17H2,1H3. The average Bonchev–Trinajstić information content (AvgIpc) is 3.03. The molecule has 2 aliphatic rings. The molecule has 3 unspecified atom stereocenters. The second-order valence-corrected chi connectivity index (χ2v) is 7.55. The van der Waals surface area contributed by atoms with Gasteiger partial charge < -0.3 is 10.6 Å².